The molecule has 1 aromatic carbocycles. The van der Waals surface area contributed by atoms with Gasteiger partial charge in [-0.3, -0.25) is 0 Å². The summed E-state index contributed by atoms with van der Waals surface area (Å²) in [6.07, 6.45) is 1.04. The molecule has 0 amide bonds. The largest absolute Gasteiger partial charge is 0.497 e. The van der Waals surface area contributed by atoms with E-state index in [-0.39, 0.29) is 6.10 Å². The van der Waals surface area contributed by atoms with Gasteiger partial charge in [0.05, 0.1) is 26.4 Å². The summed E-state index contributed by atoms with van der Waals surface area (Å²) < 4.78 is 24.7. The normalized spacial score (nSPS) is 13.4. The van der Waals surface area contributed by atoms with Crippen molar-refractivity contribution in [3.63, 3.8) is 0 Å². The molecular weight excluding hydrogens is 408 g/mol. The molecule has 0 saturated heterocycles. The van der Waals surface area contributed by atoms with Gasteiger partial charge in [-0.15, -0.1) is 0 Å². The van der Waals surface area contributed by atoms with Gasteiger partial charge in [0.2, 0.25) is 0 Å². The molecule has 0 bridgehead atoms. The van der Waals surface area contributed by atoms with E-state index in [0.29, 0.717) is 13.2 Å². The van der Waals surface area contributed by atoms with Crippen molar-refractivity contribution in [1.29, 1.82) is 0 Å². The van der Waals surface area contributed by atoms with Crippen LogP contribution in [0.1, 0.15) is 53.5 Å². The Balaban J connectivity index is 2.69. The standard InChI is InChI=1S/C24H46O4Si2/c1-8-29(9-2,10-3)27-21-24(28-30(11-4,12-5)13-6)18-19-26-20-22-14-16-23(25-7)17-15-22/h14-17,24H,8-13,18-21H2,1-7H3. The van der Waals surface area contributed by atoms with E-state index < -0.39 is 16.6 Å². The summed E-state index contributed by atoms with van der Waals surface area (Å²) in [4.78, 5) is 0. The topological polar surface area (TPSA) is 36.9 Å². The molecule has 174 valence electrons. The SMILES string of the molecule is CC[Si](CC)(CC)OCC(CCOCc1ccc(OC)cc1)O[Si](CC)(CC)CC. The molecule has 1 atom stereocenters. The van der Waals surface area contributed by atoms with Crippen LogP contribution in [0.2, 0.25) is 36.3 Å². The molecule has 0 aliphatic heterocycles. The Bertz CT molecular complexity index is 540. The van der Waals surface area contributed by atoms with E-state index in [0.717, 1.165) is 18.8 Å². The van der Waals surface area contributed by atoms with Crippen molar-refractivity contribution in [2.45, 2.75) is 96.9 Å². The Hall–Kier alpha value is -0.666. The molecule has 0 fully saturated rings. The highest BCUT2D eigenvalue weighted by Gasteiger charge is 2.34. The summed E-state index contributed by atoms with van der Waals surface area (Å²) in [5.41, 5.74) is 1.17. The van der Waals surface area contributed by atoms with E-state index in [1.807, 2.05) is 12.1 Å². The summed E-state index contributed by atoms with van der Waals surface area (Å²) in [5, 5.41) is 0. The van der Waals surface area contributed by atoms with Crippen LogP contribution in [0.4, 0.5) is 0 Å². The molecule has 0 saturated carbocycles. The Morgan fingerprint density at radius 3 is 1.77 bits per heavy atom. The number of ether oxygens (including phenoxy) is 2. The molecule has 0 spiro atoms. The van der Waals surface area contributed by atoms with E-state index in [1.165, 1.54) is 41.8 Å². The molecule has 6 heteroatoms. The quantitative estimate of drug-likeness (QED) is 0.187. The second-order valence-electron chi connectivity index (χ2n) is 8.23. The van der Waals surface area contributed by atoms with Crippen LogP contribution >= 0.6 is 0 Å². The fourth-order valence-corrected chi connectivity index (χ4v) is 9.53. The minimum atomic E-state index is -1.68. The van der Waals surface area contributed by atoms with Gasteiger partial charge in [-0.05, 0) is 60.4 Å². The van der Waals surface area contributed by atoms with Crippen LogP contribution < -0.4 is 4.74 Å². The highest BCUT2D eigenvalue weighted by atomic mass is 28.4. The molecule has 0 aromatic heterocycles. The fourth-order valence-electron chi connectivity index (χ4n) is 3.98. The average Bonchev–Trinajstić information content (AvgIpc) is 2.81. The van der Waals surface area contributed by atoms with Crippen molar-refractivity contribution in [3.05, 3.63) is 29.8 Å². The van der Waals surface area contributed by atoms with E-state index >= 15 is 0 Å². The zero-order valence-electron chi connectivity index (χ0n) is 20.6. The van der Waals surface area contributed by atoms with Crippen molar-refractivity contribution in [3.8, 4) is 5.75 Å². The first-order chi connectivity index (χ1) is 14.5. The van der Waals surface area contributed by atoms with Crippen LogP contribution in [0.5, 0.6) is 5.75 Å². The van der Waals surface area contributed by atoms with E-state index in [4.69, 9.17) is 18.3 Å². The van der Waals surface area contributed by atoms with Crippen molar-refractivity contribution in [1.82, 2.24) is 0 Å². The highest BCUT2D eigenvalue weighted by molar-refractivity contribution is 6.74. The predicted octanol–water partition coefficient (Wildman–Crippen LogP) is 7.01. The number of rotatable bonds is 17. The van der Waals surface area contributed by atoms with Crippen molar-refractivity contribution < 1.29 is 18.3 Å². The first-order valence-electron chi connectivity index (χ1n) is 12.0. The van der Waals surface area contributed by atoms with Gasteiger partial charge in [-0.1, -0.05) is 53.7 Å². The Labute approximate surface area is 187 Å². The number of hydrogen-bond acceptors (Lipinski definition) is 4. The predicted molar refractivity (Wildman–Crippen MR) is 132 cm³/mol. The summed E-state index contributed by atoms with van der Waals surface area (Å²) in [6, 6.07) is 15.1. The zero-order chi connectivity index (χ0) is 22.5. The molecule has 0 N–H and O–H groups in total. The van der Waals surface area contributed by atoms with Crippen molar-refractivity contribution in [2.75, 3.05) is 20.3 Å². The Morgan fingerprint density at radius 1 is 0.767 bits per heavy atom. The maximum Gasteiger partial charge on any atom is 0.192 e. The summed E-state index contributed by atoms with van der Waals surface area (Å²) >= 11 is 0. The van der Waals surface area contributed by atoms with E-state index in [2.05, 4.69) is 53.7 Å². The van der Waals surface area contributed by atoms with Crippen LogP contribution in [0, 0.1) is 0 Å². The molecular formula is C24H46O4Si2. The minimum absolute atomic E-state index is 0.143. The van der Waals surface area contributed by atoms with Crippen molar-refractivity contribution in [2.24, 2.45) is 0 Å². The summed E-state index contributed by atoms with van der Waals surface area (Å²) in [6.45, 7) is 15.8. The van der Waals surface area contributed by atoms with Crippen LogP contribution in [0.3, 0.4) is 0 Å². The van der Waals surface area contributed by atoms with Crippen LogP contribution in [0.15, 0.2) is 24.3 Å². The molecule has 0 aliphatic carbocycles. The lowest BCUT2D eigenvalue weighted by molar-refractivity contribution is 0.0538. The molecule has 0 aliphatic rings. The molecule has 1 rings (SSSR count). The number of hydrogen-bond donors (Lipinski definition) is 0. The highest BCUT2D eigenvalue weighted by Crippen LogP contribution is 2.27. The average molecular weight is 455 g/mol. The van der Waals surface area contributed by atoms with Crippen LogP contribution in [-0.4, -0.2) is 43.1 Å². The van der Waals surface area contributed by atoms with Gasteiger partial charge in [-0.2, -0.15) is 0 Å². The van der Waals surface area contributed by atoms with Gasteiger partial charge < -0.3 is 18.3 Å². The first kappa shape index (κ1) is 27.4. The Morgan fingerprint density at radius 2 is 1.30 bits per heavy atom. The first-order valence-corrected chi connectivity index (χ1v) is 17.0. The fraction of sp³-hybridized carbons (Fsp3) is 0.750. The van der Waals surface area contributed by atoms with Crippen LogP contribution in [0.25, 0.3) is 0 Å². The van der Waals surface area contributed by atoms with Gasteiger partial charge in [-0.25, -0.2) is 0 Å². The van der Waals surface area contributed by atoms with Gasteiger partial charge in [0.15, 0.2) is 16.6 Å². The maximum absolute atomic E-state index is 6.84. The Kier molecular flexibility index (Phi) is 13.1. The smallest absolute Gasteiger partial charge is 0.192 e. The van der Waals surface area contributed by atoms with Crippen LogP contribution in [-0.2, 0) is 20.2 Å². The van der Waals surface area contributed by atoms with Gasteiger partial charge in [0, 0.05) is 6.61 Å². The third-order valence-electron chi connectivity index (χ3n) is 6.87. The molecule has 0 radical (unpaired) electrons. The third-order valence-corrected chi connectivity index (χ3v) is 16.2. The number of methoxy groups -OCH3 is 1. The maximum atomic E-state index is 6.84. The molecule has 0 heterocycles. The summed E-state index contributed by atoms with van der Waals surface area (Å²) in [7, 11) is -1.60. The molecule has 30 heavy (non-hydrogen) atoms. The summed E-state index contributed by atoms with van der Waals surface area (Å²) in [5.74, 6) is 0.875. The van der Waals surface area contributed by atoms with Gasteiger partial charge >= 0.3 is 0 Å². The minimum Gasteiger partial charge on any atom is -0.497 e. The second kappa shape index (κ2) is 14.4. The molecule has 1 unspecified atom stereocenters. The molecule has 4 nitrogen and oxygen atoms in total. The lowest BCUT2D eigenvalue weighted by Crippen LogP contribution is -2.45. The lowest BCUT2D eigenvalue weighted by Gasteiger charge is -2.36. The molecule has 1 aromatic rings. The van der Waals surface area contributed by atoms with Crippen molar-refractivity contribution >= 4 is 16.6 Å². The van der Waals surface area contributed by atoms with Gasteiger partial charge in [0.25, 0.3) is 0 Å². The monoisotopic (exact) mass is 454 g/mol. The third kappa shape index (κ3) is 8.46. The van der Waals surface area contributed by atoms with E-state index in [1.54, 1.807) is 7.11 Å². The second-order valence-corrected chi connectivity index (χ2v) is 17.7. The lowest BCUT2D eigenvalue weighted by atomic mass is 10.2. The van der Waals surface area contributed by atoms with E-state index in [9.17, 15) is 0 Å². The zero-order valence-corrected chi connectivity index (χ0v) is 22.6. The number of benzene rings is 1. The van der Waals surface area contributed by atoms with Gasteiger partial charge in [0.1, 0.15) is 5.75 Å².